The Morgan fingerprint density at radius 2 is 1.92 bits per heavy atom. The molecule has 0 aliphatic heterocycles. The molecule has 0 atom stereocenters. The van der Waals surface area contributed by atoms with Crippen LogP contribution in [0.2, 0.25) is 0 Å². The summed E-state index contributed by atoms with van der Waals surface area (Å²) in [5.41, 5.74) is 3.18. The molecule has 4 heterocycles. The Balaban J connectivity index is 1.96. The van der Waals surface area contributed by atoms with Crippen molar-refractivity contribution in [1.82, 2.24) is 15.0 Å². The molecule has 0 saturated heterocycles. The van der Waals surface area contributed by atoms with Crippen molar-refractivity contribution in [3.63, 3.8) is 0 Å². The normalized spacial score (nSPS) is 11.4. The van der Waals surface area contributed by atoms with Crippen molar-refractivity contribution >= 4 is 44.0 Å². The summed E-state index contributed by atoms with van der Waals surface area (Å²) in [6.45, 7) is 0. The van der Waals surface area contributed by atoms with Crippen LogP contribution in [0.3, 0.4) is 0 Å². The molecule has 0 radical (unpaired) electrons. The average Bonchev–Trinajstić information content (AvgIpc) is 3.30. The van der Waals surface area contributed by atoms with E-state index in [-0.39, 0.29) is 5.56 Å². The second-order valence-corrected chi connectivity index (χ2v) is 7.20. The van der Waals surface area contributed by atoms with Crippen LogP contribution in [0.1, 0.15) is 0 Å². The molecule has 5 rings (SSSR count). The molecular weight excluding hydrogens is 366 g/mol. The van der Waals surface area contributed by atoms with Gasteiger partial charge in [0.2, 0.25) is 0 Å². The Labute approximate surface area is 156 Å². The van der Waals surface area contributed by atoms with Crippen molar-refractivity contribution in [2.24, 2.45) is 0 Å². The van der Waals surface area contributed by atoms with Crippen LogP contribution in [-0.2, 0) is 0 Å². The fraction of sp³-hybridized carbons (Fsp3) is 0. The highest BCUT2D eigenvalue weighted by molar-refractivity contribution is 7.71. The zero-order chi connectivity index (χ0) is 17.7. The minimum Gasteiger partial charge on any atom is -0.464 e. The van der Waals surface area contributed by atoms with Gasteiger partial charge in [-0.3, -0.25) is 9.78 Å². The SMILES string of the molecule is O=c1[nH]c(=S)[nH]c2c1sc1nc(-c3ccccc3)cc(-c3ccco3)c12. The maximum absolute atomic E-state index is 12.3. The van der Waals surface area contributed by atoms with Crippen LogP contribution in [0.5, 0.6) is 0 Å². The first-order chi connectivity index (χ1) is 12.7. The van der Waals surface area contributed by atoms with E-state index in [4.69, 9.17) is 21.6 Å². The van der Waals surface area contributed by atoms with Crippen molar-refractivity contribution < 1.29 is 4.42 Å². The van der Waals surface area contributed by atoms with E-state index in [0.717, 1.165) is 27.0 Å². The van der Waals surface area contributed by atoms with E-state index >= 15 is 0 Å². The first-order valence-corrected chi connectivity index (χ1v) is 9.12. The molecule has 0 unspecified atom stereocenters. The van der Waals surface area contributed by atoms with Crippen LogP contribution in [0.15, 0.2) is 64.0 Å². The summed E-state index contributed by atoms with van der Waals surface area (Å²) in [4.78, 5) is 23.6. The van der Waals surface area contributed by atoms with Gasteiger partial charge in [-0.15, -0.1) is 11.3 Å². The minimum atomic E-state index is -0.210. The van der Waals surface area contributed by atoms with E-state index in [0.29, 0.717) is 20.7 Å². The van der Waals surface area contributed by atoms with Crippen LogP contribution < -0.4 is 5.56 Å². The number of H-pyrrole nitrogens is 2. The number of hydrogen-bond acceptors (Lipinski definition) is 5. The molecule has 7 heteroatoms. The monoisotopic (exact) mass is 377 g/mol. The van der Waals surface area contributed by atoms with E-state index in [1.165, 1.54) is 11.3 Å². The number of aromatic amines is 2. The number of hydrogen-bond donors (Lipinski definition) is 2. The summed E-state index contributed by atoms with van der Waals surface area (Å²) >= 11 is 6.49. The molecule has 26 heavy (non-hydrogen) atoms. The molecule has 0 fully saturated rings. The van der Waals surface area contributed by atoms with Crippen LogP contribution in [0, 0.1) is 4.77 Å². The summed E-state index contributed by atoms with van der Waals surface area (Å²) in [6, 6.07) is 15.7. The molecule has 0 spiro atoms. The lowest BCUT2D eigenvalue weighted by molar-refractivity contribution is 0.583. The van der Waals surface area contributed by atoms with E-state index in [2.05, 4.69) is 9.97 Å². The zero-order valence-electron chi connectivity index (χ0n) is 13.3. The van der Waals surface area contributed by atoms with Gasteiger partial charge in [0.05, 0.1) is 17.5 Å². The highest BCUT2D eigenvalue weighted by atomic mass is 32.1. The summed E-state index contributed by atoms with van der Waals surface area (Å²) in [7, 11) is 0. The Kier molecular flexibility index (Phi) is 3.37. The van der Waals surface area contributed by atoms with Gasteiger partial charge in [-0.1, -0.05) is 30.3 Å². The van der Waals surface area contributed by atoms with Gasteiger partial charge in [-0.05, 0) is 30.4 Å². The van der Waals surface area contributed by atoms with E-state index in [1.54, 1.807) is 6.26 Å². The van der Waals surface area contributed by atoms with Gasteiger partial charge in [0.1, 0.15) is 15.3 Å². The van der Waals surface area contributed by atoms with Crippen LogP contribution >= 0.6 is 23.6 Å². The molecule has 5 aromatic rings. The molecular formula is C19H11N3O2S2. The highest BCUT2D eigenvalue weighted by Gasteiger charge is 2.18. The Morgan fingerprint density at radius 1 is 1.08 bits per heavy atom. The van der Waals surface area contributed by atoms with Gasteiger partial charge in [-0.2, -0.15) is 0 Å². The fourth-order valence-corrected chi connectivity index (χ4v) is 4.31. The largest absolute Gasteiger partial charge is 0.464 e. The lowest BCUT2D eigenvalue weighted by Crippen LogP contribution is -2.05. The third-order valence-corrected chi connectivity index (χ3v) is 5.48. The number of pyridine rings is 1. The molecule has 0 bridgehead atoms. The number of nitrogens with zero attached hydrogens (tertiary/aromatic N) is 1. The minimum absolute atomic E-state index is 0.210. The van der Waals surface area contributed by atoms with Crippen molar-refractivity contribution in [1.29, 1.82) is 0 Å². The average molecular weight is 377 g/mol. The second kappa shape index (κ2) is 5.76. The predicted molar refractivity (Wildman–Crippen MR) is 106 cm³/mol. The lowest BCUT2D eigenvalue weighted by atomic mass is 10.0. The van der Waals surface area contributed by atoms with Crippen molar-refractivity contribution in [2.45, 2.75) is 0 Å². The third-order valence-electron chi connectivity index (χ3n) is 4.19. The standard InChI is InChI=1S/C19H11N3O2S2/c23-17-16-15(21-19(25)22-17)14-11(13-7-4-8-24-13)9-12(20-18(14)26-16)10-5-2-1-3-6-10/h1-9H,(H2,21,22,23,25). The molecule has 0 saturated carbocycles. The number of furan rings is 1. The van der Waals surface area contributed by atoms with Gasteiger partial charge in [-0.25, -0.2) is 4.98 Å². The molecule has 4 aromatic heterocycles. The van der Waals surface area contributed by atoms with Crippen molar-refractivity contribution in [2.75, 3.05) is 0 Å². The molecule has 0 aliphatic rings. The van der Waals surface area contributed by atoms with Gasteiger partial charge in [0, 0.05) is 16.5 Å². The van der Waals surface area contributed by atoms with Crippen molar-refractivity contribution in [3.05, 3.63) is 69.9 Å². The van der Waals surface area contributed by atoms with Gasteiger partial charge >= 0.3 is 0 Å². The lowest BCUT2D eigenvalue weighted by Gasteiger charge is -2.06. The van der Waals surface area contributed by atoms with E-state index in [1.807, 2.05) is 48.5 Å². The molecule has 1 aromatic carbocycles. The number of fused-ring (bicyclic) bond motifs is 3. The topological polar surface area (TPSA) is 74.7 Å². The smallest absolute Gasteiger partial charge is 0.269 e. The quantitative estimate of drug-likeness (QED) is 0.419. The van der Waals surface area contributed by atoms with Gasteiger partial charge < -0.3 is 9.40 Å². The maximum atomic E-state index is 12.3. The Hall–Kier alpha value is -3.03. The number of thiophene rings is 1. The van der Waals surface area contributed by atoms with Crippen LogP contribution in [-0.4, -0.2) is 15.0 Å². The fourth-order valence-electron chi connectivity index (χ4n) is 3.07. The summed E-state index contributed by atoms with van der Waals surface area (Å²) in [5.74, 6) is 0.717. The van der Waals surface area contributed by atoms with E-state index in [9.17, 15) is 4.79 Å². The zero-order valence-corrected chi connectivity index (χ0v) is 14.9. The molecule has 0 aliphatic carbocycles. The third kappa shape index (κ3) is 2.33. The Bertz CT molecular complexity index is 1360. The summed E-state index contributed by atoms with van der Waals surface area (Å²) in [5, 5.41) is 0.844. The van der Waals surface area contributed by atoms with Gasteiger partial charge in [0.15, 0.2) is 4.77 Å². The van der Waals surface area contributed by atoms with E-state index < -0.39 is 0 Å². The Morgan fingerprint density at radius 3 is 2.69 bits per heavy atom. The molecule has 126 valence electrons. The van der Waals surface area contributed by atoms with Crippen LogP contribution in [0.4, 0.5) is 0 Å². The van der Waals surface area contributed by atoms with Crippen molar-refractivity contribution in [3.8, 4) is 22.6 Å². The maximum Gasteiger partial charge on any atom is 0.269 e. The van der Waals surface area contributed by atoms with Crippen LogP contribution in [0.25, 0.3) is 43.0 Å². The number of rotatable bonds is 2. The molecule has 5 nitrogen and oxygen atoms in total. The first kappa shape index (κ1) is 15.2. The second-order valence-electron chi connectivity index (χ2n) is 5.79. The molecule has 0 amide bonds. The number of nitrogens with one attached hydrogen (secondary N) is 2. The highest BCUT2D eigenvalue weighted by Crippen LogP contribution is 2.39. The van der Waals surface area contributed by atoms with Gasteiger partial charge in [0.25, 0.3) is 5.56 Å². The molecule has 2 N–H and O–H groups in total. The summed E-state index contributed by atoms with van der Waals surface area (Å²) in [6.07, 6.45) is 1.63. The summed E-state index contributed by atoms with van der Waals surface area (Å²) < 4.78 is 6.51. The first-order valence-electron chi connectivity index (χ1n) is 7.90. The number of benzene rings is 1. The number of aromatic nitrogens is 3. The predicted octanol–water partition coefficient (Wildman–Crippen LogP) is 5.12.